The fourth-order valence-electron chi connectivity index (χ4n) is 1.12. The molecular weight excluding hydrogens is 172 g/mol. The van der Waals surface area contributed by atoms with Crippen molar-refractivity contribution in [2.75, 3.05) is 5.73 Å². The molecule has 2 aromatic rings. The molecule has 0 atom stereocenters. The second-order valence-corrected chi connectivity index (χ2v) is 2.56. The van der Waals surface area contributed by atoms with Gasteiger partial charge in [0, 0.05) is 6.07 Å². The smallest absolute Gasteiger partial charge is 0.347 e. The maximum Gasteiger partial charge on any atom is 0.347 e. The lowest BCUT2D eigenvalue weighted by atomic mass is 10.4. The predicted octanol–water partition coefficient (Wildman–Crippen LogP) is 0.825. The molecule has 13 heavy (non-hydrogen) atoms. The second kappa shape index (κ2) is 2.44. The first kappa shape index (κ1) is 7.53. The molecule has 0 aliphatic heterocycles. The minimum Gasteiger partial charge on any atom is -0.396 e. The fourth-order valence-corrected chi connectivity index (χ4v) is 1.12. The summed E-state index contributed by atoms with van der Waals surface area (Å²) >= 11 is 0. The van der Waals surface area contributed by atoms with Crippen LogP contribution in [0.3, 0.4) is 0 Å². The Morgan fingerprint density at radius 2 is 2.31 bits per heavy atom. The van der Waals surface area contributed by atoms with Gasteiger partial charge in [0.15, 0.2) is 0 Å². The van der Waals surface area contributed by atoms with Crippen molar-refractivity contribution >= 4 is 17.2 Å². The molecule has 0 saturated heterocycles. The predicted molar refractivity (Wildman–Crippen MR) is 46.3 cm³/mol. The highest BCUT2D eigenvalue weighted by atomic mass is 16.6. The second-order valence-electron chi connectivity index (χ2n) is 2.56. The van der Waals surface area contributed by atoms with Crippen molar-refractivity contribution in [3.63, 3.8) is 0 Å². The van der Waals surface area contributed by atoms with Crippen LogP contribution >= 0.6 is 0 Å². The normalized spacial score (nSPS) is 10.5. The summed E-state index contributed by atoms with van der Waals surface area (Å²) in [5, 5.41) is 10.5. The average molecular weight is 178 g/mol. The third-order valence-electron chi connectivity index (χ3n) is 1.70. The molecule has 0 spiro atoms. The summed E-state index contributed by atoms with van der Waals surface area (Å²) in [6, 6.07) is 3.27. The van der Waals surface area contributed by atoms with E-state index < -0.39 is 4.92 Å². The zero-order valence-corrected chi connectivity index (χ0v) is 6.54. The van der Waals surface area contributed by atoms with Gasteiger partial charge in [-0.15, -0.1) is 0 Å². The van der Waals surface area contributed by atoms with Crippen LogP contribution in [0.2, 0.25) is 0 Å². The van der Waals surface area contributed by atoms with Gasteiger partial charge < -0.3 is 15.8 Å². The van der Waals surface area contributed by atoms with Gasteiger partial charge in [0.1, 0.15) is 12.4 Å². The van der Waals surface area contributed by atoms with Gasteiger partial charge in [-0.2, -0.15) is 4.40 Å². The highest BCUT2D eigenvalue weighted by Gasteiger charge is 2.12. The van der Waals surface area contributed by atoms with Crippen LogP contribution in [0.25, 0.3) is 5.65 Å². The van der Waals surface area contributed by atoms with Crippen molar-refractivity contribution in [2.45, 2.75) is 0 Å². The van der Waals surface area contributed by atoms with Crippen molar-refractivity contribution in [3.8, 4) is 0 Å². The van der Waals surface area contributed by atoms with Crippen LogP contribution in [-0.4, -0.2) is 14.3 Å². The maximum absolute atomic E-state index is 10.5. The van der Waals surface area contributed by atoms with Crippen LogP contribution < -0.4 is 5.73 Å². The van der Waals surface area contributed by atoms with Crippen molar-refractivity contribution in [1.29, 1.82) is 0 Å². The summed E-state index contributed by atoms with van der Waals surface area (Å²) in [7, 11) is 0. The number of rotatable bonds is 1. The lowest BCUT2D eigenvalue weighted by Gasteiger charge is -1.93. The summed E-state index contributed by atoms with van der Waals surface area (Å²) in [6.07, 6.45) is 2.68. The molecule has 66 valence electrons. The Balaban J connectivity index is 2.79. The number of nitrogens with zero attached hydrogens (tertiary/aromatic N) is 3. The van der Waals surface area contributed by atoms with E-state index in [1.165, 1.54) is 16.8 Å². The van der Waals surface area contributed by atoms with Crippen LogP contribution in [0.5, 0.6) is 0 Å². The van der Waals surface area contributed by atoms with E-state index in [4.69, 9.17) is 5.73 Å². The van der Waals surface area contributed by atoms with Crippen LogP contribution in [0.4, 0.5) is 11.5 Å². The molecule has 2 heterocycles. The first-order chi connectivity index (χ1) is 6.18. The van der Waals surface area contributed by atoms with E-state index in [1.54, 1.807) is 12.1 Å². The zero-order chi connectivity index (χ0) is 9.42. The number of nitrogen functional groups attached to an aromatic ring is 1. The molecule has 2 N–H and O–H groups in total. The van der Waals surface area contributed by atoms with Crippen molar-refractivity contribution in [3.05, 3.63) is 34.6 Å². The van der Waals surface area contributed by atoms with E-state index in [-0.39, 0.29) is 5.82 Å². The number of hydrogen-bond donors (Lipinski definition) is 1. The molecule has 2 rings (SSSR count). The largest absolute Gasteiger partial charge is 0.396 e. The van der Waals surface area contributed by atoms with Crippen LogP contribution in [0, 0.1) is 10.1 Å². The molecule has 0 aliphatic rings. The number of nitrogens with two attached hydrogens (primary N) is 1. The third-order valence-corrected chi connectivity index (χ3v) is 1.70. The standard InChI is InChI=1S/C7H6N4O2/c8-5-1-2-6-9-3-7(11(12)13)10(6)4-5/h1-4H,8H2. The molecule has 6 nitrogen and oxygen atoms in total. The SMILES string of the molecule is Nc1ccc2ncc([N+](=O)[O-])n2c1. The van der Waals surface area contributed by atoms with Crippen LogP contribution in [0.1, 0.15) is 0 Å². The molecule has 0 fully saturated rings. The molecule has 0 radical (unpaired) electrons. The first-order valence-corrected chi connectivity index (χ1v) is 3.55. The molecule has 0 unspecified atom stereocenters. The van der Waals surface area contributed by atoms with E-state index in [2.05, 4.69) is 4.98 Å². The van der Waals surface area contributed by atoms with Crippen LogP contribution in [0.15, 0.2) is 24.5 Å². The summed E-state index contributed by atoms with van der Waals surface area (Å²) in [6.45, 7) is 0. The van der Waals surface area contributed by atoms with Crippen molar-refractivity contribution in [1.82, 2.24) is 9.38 Å². The van der Waals surface area contributed by atoms with Gasteiger partial charge >= 0.3 is 5.82 Å². The lowest BCUT2D eigenvalue weighted by Crippen LogP contribution is -1.95. The Labute approximate surface area is 72.8 Å². The molecule has 0 amide bonds. The van der Waals surface area contributed by atoms with E-state index >= 15 is 0 Å². The van der Waals surface area contributed by atoms with E-state index in [1.807, 2.05) is 0 Å². The minimum atomic E-state index is -0.501. The first-order valence-electron chi connectivity index (χ1n) is 3.55. The van der Waals surface area contributed by atoms with Crippen molar-refractivity contribution < 1.29 is 4.92 Å². The van der Waals surface area contributed by atoms with Gasteiger partial charge in [0.25, 0.3) is 0 Å². The van der Waals surface area contributed by atoms with Gasteiger partial charge in [-0.1, -0.05) is 0 Å². The number of imidazole rings is 1. The molecule has 6 heteroatoms. The van der Waals surface area contributed by atoms with Gasteiger partial charge in [-0.3, -0.25) is 0 Å². The highest BCUT2D eigenvalue weighted by molar-refractivity contribution is 5.51. The average Bonchev–Trinajstić information content (AvgIpc) is 2.46. The lowest BCUT2D eigenvalue weighted by molar-refractivity contribution is -0.390. The Bertz CT molecular complexity index is 476. The highest BCUT2D eigenvalue weighted by Crippen LogP contribution is 2.15. The van der Waals surface area contributed by atoms with E-state index in [0.717, 1.165) is 0 Å². The van der Waals surface area contributed by atoms with Gasteiger partial charge in [-0.25, -0.2) is 4.98 Å². The maximum atomic E-state index is 10.5. The zero-order valence-electron chi connectivity index (χ0n) is 6.54. The minimum absolute atomic E-state index is 0.0812. The topological polar surface area (TPSA) is 86.5 Å². The van der Waals surface area contributed by atoms with E-state index in [0.29, 0.717) is 11.3 Å². The monoisotopic (exact) mass is 178 g/mol. The number of nitro groups is 1. The Morgan fingerprint density at radius 3 is 3.00 bits per heavy atom. The molecule has 0 aromatic carbocycles. The number of pyridine rings is 1. The molecular formula is C7H6N4O2. The third kappa shape index (κ3) is 1.08. The van der Waals surface area contributed by atoms with Gasteiger partial charge in [0.2, 0.25) is 5.65 Å². The summed E-state index contributed by atoms with van der Waals surface area (Å²) in [4.78, 5) is 13.8. The number of hydrogen-bond acceptors (Lipinski definition) is 4. The van der Waals surface area contributed by atoms with Gasteiger partial charge in [0.05, 0.1) is 5.69 Å². The molecule has 0 aliphatic carbocycles. The Kier molecular flexibility index (Phi) is 1.42. The Hall–Kier alpha value is -2.11. The number of aromatic nitrogens is 2. The quantitative estimate of drug-likeness (QED) is 0.517. The van der Waals surface area contributed by atoms with E-state index in [9.17, 15) is 10.1 Å². The molecule has 0 saturated carbocycles. The fraction of sp³-hybridized carbons (Fsp3) is 0. The van der Waals surface area contributed by atoms with Gasteiger partial charge in [-0.05, 0) is 11.0 Å². The summed E-state index contributed by atoms with van der Waals surface area (Å²) in [5.41, 5.74) is 6.46. The van der Waals surface area contributed by atoms with Crippen LogP contribution in [-0.2, 0) is 0 Å². The summed E-state index contributed by atoms with van der Waals surface area (Å²) in [5.74, 6) is -0.0812. The Morgan fingerprint density at radius 1 is 1.54 bits per heavy atom. The van der Waals surface area contributed by atoms with Crippen molar-refractivity contribution in [2.24, 2.45) is 0 Å². The molecule has 0 bridgehead atoms. The number of fused-ring (bicyclic) bond motifs is 1. The summed E-state index contributed by atoms with van der Waals surface area (Å²) < 4.78 is 1.34. The molecule has 2 aromatic heterocycles. The number of anilines is 1.